The summed E-state index contributed by atoms with van der Waals surface area (Å²) in [5, 5.41) is 3.08. The summed E-state index contributed by atoms with van der Waals surface area (Å²) in [5.74, 6) is 0.919. The van der Waals surface area contributed by atoms with Gasteiger partial charge in [0.2, 0.25) is 0 Å². The van der Waals surface area contributed by atoms with Crippen molar-refractivity contribution in [2.24, 2.45) is 10.9 Å². The van der Waals surface area contributed by atoms with Crippen molar-refractivity contribution in [3.63, 3.8) is 0 Å². The van der Waals surface area contributed by atoms with Crippen molar-refractivity contribution in [1.82, 2.24) is 15.1 Å². The van der Waals surface area contributed by atoms with Crippen LogP contribution in [-0.2, 0) is 4.74 Å². The minimum Gasteiger partial charge on any atom is -0.444 e. The molecule has 1 aliphatic heterocycles. The molecule has 0 bridgehead atoms. The largest absolute Gasteiger partial charge is 0.444 e. The third kappa shape index (κ3) is 8.19. The summed E-state index contributed by atoms with van der Waals surface area (Å²) in [6.07, 6.45) is -0.945. The Bertz CT molecular complexity index is 459. The van der Waals surface area contributed by atoms with Crippen LogP contribution in [0, 0.1) is 5.92 Å². The Balaban J connectivity index is 2.55. The molecule has 0 aromatic carbocycles. The Kier molecular flexibility index (Phi) is 9.08. The van der Waals surface area contributed by atoms with Crippen LogP contribution in [0.5, 0.6) is 0 Å². The van der Waals surface area contributed by atoms with Gasteiger partial charge in [0.25, 0.3) is 6.43 Å². The van der Waals surface area contributed by atoms with Gasteiger partial charge in [-0.15, -0.1) is 0 Å². The number of alkyl halides is 2. The fourth-order valence-corrected chi connectivity index (χ4v) is 2.88. The van der Waals surface area contributed by atoms with E-state index >= 15 is 0 Å². The summed E-state index contributed by atoms with van der Waals surface area (Å²) < 4.78 is 30.3. The van der Waals surface area contributed by atoms with Gasteiger partial charge in [0, 0.05) is 32.7 Å². The third-order valence-electron chi connectivity index (χ3n) is 4.14. The molecule has 6 nitrogen and oxygen atoms in total. The van der Waals surface area contributed by atoms with Crippen LogP contribution < -0.4 is 5.32 Å². The van der Waals surface area contributed by atoms with Crippen LogP contribution in [0.15, 0.2) is 4.99 Å². The summed E-state index contributed by atoms with van der Waals surface area (Å²) in [7, 11) is 0. The number of ether oxygens (including phenoxy) is 1. The minimum atomic E-state index is -2.44. The maximum absolute atomic E-state index is 12.4. The molecule has 1 aliphatic rings. The van der Waals surface area contributed by atoms with E-state index in [1.165, 1.54) is 0 Å². The maximum atomic E-state index is 12.4. The molecular formula is C18H34F2N4O2. The molecule has 152 valence electrons. The van der Waals surface area contributed by atoms with E-state index in [1.807, 2.05) is 39.5 Å². The fourth-order valence-electron chi connectivity index (χ4n) is 2.88. The van der Waals surface area contributed by atoms with E-state index in [4.69, 9.17) is 4.74 Å². The van der Waals surface area contributed by atoms with E-state index in [0.717, 1.165) is 25.9 Å². The molecule has 0 spiro atoms. The number of hydrogen-bond donors (Lipinski definition) is 1. The highest BCUT2D eigenvalue weighted by molar-refractivity contribution is 5.80. The van der Waals surface area contributed by atoms with Crippen molar-refractivity contribution >= 4 is 12.1 Å². The Labute approximate surface area is 156 Å². The monoisotopic (exact) mass is 376 g/mol. The van der Waals surface area contributed by atoms with E-state index in [0.29, 0.717) is 31.5 Å². The summed E-state index contributed by atoms with van der Waals surface area (Å²) in [4.78, 5) is 20.0. The summed E-state index contributed by atoms with van der Waals surface area (Å²) in [6, 6.07) is 0. The lowest BCUT2D eigenvalue weighted by molar-refractivity contribution is 0.0214. The molecule has 1 N–H and O–H groups in total. The predicted molar refractivity (Wildman–Crippen MR) is 99.8 cm³/mol. The van der Waals surface area contributed by atoms with Gasteiger partial charge in [0.05, 0.1) is 0 Å². The van der Waals surface area contributed by atoms with Gasteiger partial charge in [0.1, 0.15) is 12.1 Å². The Morgan fingerprint density at radius 1 is 1.31 bits per heavy atom. The number of guanidine groups is 1. The molecule has 1 rings (SSSR count). The first kappa shape index (κ1) is 22.4. The highest BCUT2D eigenvalue weighted by atomic mass is 19.3. The van der Waals surface area contributed by atoms with E-state index in [1.54, 1.807) is 4.90 Å². The van der Waals surface area contributed by atoms with E-state index in [-0.39, 0.29) is 6.09 Å². The Hall–Kier alpha value is -1.60. The van der Waals surface area contributed by atoms with Crippen molar-refractivity contribution in [2.75, 3.05) is 39.3 Å². The summed E-state index contributed by atoms with van der Waals surface area (Å²) in [6.45, 7) is 12.3. The van der Waals surface area contributed by atoms with Gasteiger partial charge in [-0.1, -0.05) is 0 Å². The minimum absolute atomic E-state index is 0.283. The maximum Gasteiger partial charge on any atom is 0.410 e. The molecule has 0 radical (unpaired) electrons. The number of halogens is 2. The number of aliphatic imine (C=N–C) groups is 1. The Morgan fingerprint density at radius 2 is 1.92 bits per heavy atom. The number of amides is 1. The number of nitrogens with zero attached hydrogens (tertiary/aromatic N) is 3. The first-order valence-corrected chi connectivity index (χ1v) is 9.45. The average Bonchev–Trinajstić information content (AvgIpc) is 2.55. The average molecular weight is 376 g/mol. The zero-order chi connectivity index (χ0) is 19.7. The number of carbonyl (C=O) groups is 1. The Morgan fingerprint density at radius 3 is 2.38 bits per heavy atom. The zero-order valence-electron chi connectivity index (χ0n) is 16.7. The SMILES string of the molecule is CCNC(=NCC(F)F)N1CCC(CN(CC)C(=O)OC(C)(C)C)CC1. The van der Waals surface area contributed by atoms with Gasteiger partial charge in [-0.3, -0.25) is 0 Å². The van der Waals surface area contributed by atoms with Crippen molar-refractivity contribution < 1.29 is 18.3 Å². The van der Waals surface area contributed by atoms with Crippen molar-refractivity contribution in [1.29, 1.82) is 0 Å². The lowest BCUT2D eigenvalue weighted by atomic mass is 9.96. The quantitative estimate of drug-likeness (QED) is 0.571. The van der Waals surface area contributed by atoms with E-state index < -0.39 is 18.6 Å². The number of nitrogens with one attached hydrogen (secondary N) is 1. The van der Waals surface area contributed by atoms with Crippen LogP contribution in [-0.4, -0.2) is 73.1 Å². The van der Waals surface area contributed by atoms with Crippen LogP contribution in [0.3, 0.4) is 0 Å². The van der Waals surface area contributed by atoms with Crippen molar-refractivity contribution in [3.05, 3.63) is 0 Å². The molecule has 0 unspecified atom stereocenters. The molecule has 8 heteroatoms. The fraction of sp³-hybridized carbons (Fsp3) is 0.889. The normalized spacial score (nSPS) is 16.8. The van der Waals surface area contributed by atoms with Crippen LogP contribution in [0.25, 0.3) is 0 Å². The number of likely N-dealkylation sites (tertiary alicyclic amines) is 1. The highest BCUT2D eigenvalue weighted by Gasteiger charge is 2.27. The van der Waals surface area contributed by atoms with Crippen molar-refractivity contribution in [3.8, 4) is 0 Å². The van der Waals surface area contributed by atoms with Crippen LogP contribution >= 0.6 is 0 Å². The smallest absolute Gasteiger partial charge is 0.410 e. The molecule has 0 aromatic rings. The van der Waals surface area contributed by atoms with Crippen LogP contribution in [0.2, 0.25) is 0 Å². The predicted octanol–water partition coefficient (Wildman–Crippen LogP) is 3.19. The first-order valence-electron chi connectivity index (χ1n) is 9.45. The second kappa shape index (κ2) is 10.5. The summed E-state index contributed by atoms with van der Waals surface area (Å²) in [5.41, 5.74) is -0.504. The van der Waals surface area contributed by atoms with Gasteiger partial charge >= 0.3 is 6.09 Å². The van der Waals surface area contributed by atoms with E-state index in [2.05, 4.69) is 10.3 Å². The molecular weight excluding hydrogens is 342 g/mol. The lowest BCUT2D eigenvalue weighted by Gasteiger charge is -2.36. The molecule has 1 heterocycles. The number of piperidine rings is 1. The molecule has 1 saturated heterocycles. The molecule has 1 fully saturated rings. The van der Waals surface area contributed by atoms with Crippen molar-refractivity contribution in [2.45, 2.75) is 59.5 Å². The standard InChI is InChI=1S/C18H34F2N4O2/c1-6-21-16(22-12-15(19)20)24-10-8-14(9-11-24)13-23(7-2)17(25)26-18(3,4)5/h14-15H,6-13H2,1-5H3,(H,21,22). The van der Waals surface area contributed by atoms with Gasteiger partial charge in [-0.25, -0.2) is 18.6 Å². The van der Waals surface area contributed by atoms with Crippen LogP contribution in [0.4, 0.5) is 13.6 Å². The zero-order valence-corrected chi connectivity index (χ0v) is 16.7. The molecule has 26 heavy (non-hydrogen) atoms. The van der Waals surface area contributed by atoms with Gasteiger partial charge in [0.15, 0.2) is 5.96 Å². The molecule has 1 amide bonds. The molecule has 0 aromatic heterocycles. The summed E-state index contributed by atoms with van der Waals surface area (Å²) >= 11 is 0. The molecule has 0 atom stereocenters. The first-order chi connectivity index (χ1) is 12.2. The van der Waals surface area contributed by atoms with E-state index in [9.17, 15) is 13.6 Å². The van der Waals surface area contributed by atoms with Gasteiger partial charge in [-0.05, 0) is 53.4 Å². The molecule has 0 aliphatic carbocycles. The second-order valence-corrected chi connectivity index (χ2v) is 7.54. The topological polar surface area (TPSA) is 57.2 Å². The second-order valence-electron chi connectivity index (χ2n) is 7.54. The highest BCUT2D eigenvalue weighted by Crippen LogP contribution is 2.20. The van der Waals surface area contributed by atoms with Crippen LogP contribution in [0.1, 0.15) is 47.5 Å². The third-order valence-corrected chi connectivity index (χ3v) is 4.14. The molecule has 0 saturated carbocycles. The van der Waals surface area contributed by atoms with Gasteiger partial charge in [-0.2, -0.15) is 0 Å². The number of hydrogen-bond acceptors (Lipinski definition) is 3. The number of carbonyl (C=O) groups excluding carboxylic acids is 1. The van der Waals surface area contributed by atoms with Gasteiger partial charge < -0.3 is 19.9 Å². The lowest BCUT2D eigenvalue weighted by Crippen LogP contribution is -2.48. The number of rotatable bonds is 6.